The summed E-state index contributed by atoms with van der Waals surface area (Å²) in [5.74, 6) is -0.0475. The number of ether oxygens (including phenoxy) is 1. The van der Waals surface area contributed by atoms with Gasteiger partial charge in [-0.3, -0.25) is 4.79 Å². The highest BCUT2D eigenvalue weighted by atomic mass is 16.5. The molecule has 106 valence electrons. The molecule has 4 nitrogen and oxygen atoms in total. The fraction of sp³-hybridized carbons (Fsp3) is 0.533. The molecule has 1 rings (SSSR count). The molecule has 1 aromatic rings. The van der Waals surface area contributed by atoms with Crippen molar-refractivity contribution in [2.75, 3.05) is 27.3 Å². The first kappa shape index (κ1) is 15.7. The summed E-state index contributed by atoms with van der Waals surface area (Å²) in [6.07, 6.45) is 0.838. The second kappa shape index (κ2) is 7.26. The van der Waals surface area contributed by atoms with Crippen molar-refractivity contribution in [3.05, 3.63) is 35.4 Å². The predicted molar refractivity (Wildman–Crippen MR) is 77.5 cm³/mol. The van der Waals surface area contributed by atoms with Gasteiger partial charge in [0.1, 0.15) is 0 Å². The molecule has 0 heterocycles. The Kier molecular flexibility index (Phi) is 5.99. The van der Waals surface area contributed by atoms with Crippen LogP contribution >= 0.6 is 0 Å². The zero-order chi connectivity index (χ0) is 14.3. The van der Waals surface area contributed by atoms with E-state index < -0.39 is 0 Å². The third-order valence-electron chi connectivity index (χ3n) is 2.86. The minimum Gasteiger partial charge on any atom is -0.382 e. The highest BCUT2D eigenvalue weighted by molar-refractivity contribution is 5.96. The predicted octanol–water partition coefficient (Wildman–Crippen LogP) is 1.60. The number of carbonyl (C=O) groups excluding carboxylic acids is 1. The van der Waals surface area contributed by atoms with E-state index in [0.29, 0.717) is 6.61 Å². The van der Waals surface area contributed by atoms with E-state index in [2.05, 4.69) is 10.6 Å². The molecule has 0 spiro atoms. The number of amides is 1. The van der Waals surface area contributed by atoms with Gasteiger partial charge >= 0.3 is 0 Å². The van der Waals surface area contributed by atoms with Crippen LogP contribution in [0.5, 0.6) is 0 Å². The number of hydrogen-bond acceptors (Lipinski definition) is 3. The van der Waals surface area contributed by atoms with Crippen LogP contribution in [0.25, 0.3) is 0 Å². The molecule has 0 fully saturated rings. The first-order chi connectivity index (χ1) is 9.00. The van der Waals surface area contributed by atoms with Gasteiger partial charge in [-0.25, -0.2) is 0 Å². The quantitative estimate of drug-likeness (QED) is 0.786. The molecule has 1 amide bonds. The van der Waals surface area contributed by atoms with Gasteiger partial charge in [0.05, 0.1) is 12.1 Å². The topological polar surface area (TPSA) is 50.4 Å². The Bertz CT molecular complexity index is 416. The first-order valence-electron chi connectivity index (χ1n) is 6.54. The van der Waals surface area contributed by atoms with Crippen molar-refractivity contribution < 1.29 is 9.53 Å². The van der Waals surface area contributed by atoms with E-state index in [1.807, 2.05) is 45.2 Å². The summed E-state index contributed by atoms with van der Waals surface area (Å²) in [5, 5.41) is 6.11. The molecule has 0 atom stereocenters. The highest BCUT2D eigenvalue weighted by Gasteiger charge is 2.22. The summed E-state index contributed by atoms with van der Waals surface area (Å²) >= 11 is 0. The van der Waals surface area contributed by atoms with Crippen molar-refractivity contribution in [2.24, 2.45) is 0 Å². The molecular formula is C15H24N2O2. The SMILES string of the molecule is CNCCc1ccccc1C(=O)NC(C)(C)COC. The average molecular weight is 264 g/mol. The van der Waals surface area contributed by atoms with Crippen LogP contribution in [0.3, 0.4) is 0 Å². The monoisotopic (exact) mass is 264 g/mol. The Labute approximate surface area is 115 Å². The summed E-state index contributed by atoms with van der Waals surface area (Å²) in [5.41, 5.74) is 1.42. The molecule has 0 radical (unpaired) electrons. The Balaban J connectivity index is 2.81. The van der Waals surface area contributed by atoms with Crippen LogP contribution in [0.1, 0.15) is 29.8 Å². The molecule has 0 unspecified atom stereocenters. The molecule has 0 saturated carbocycles. The zero-order valence-electron chi connectivity index (χ0n) is 12.2. The zero-order valence-corrected chi connectivity index (χ0v) is 12.2. The Morgan fingerprint density at radius 2 is 2.00 bits per heavy atom. The second-order valence-corrected chi connectivity index (χ2v) is 5.28. The van der Waals surface area contributed by atoms with E-state index in [4.69, 9.17) is 4.74 Å². The van der Waals surface area contributed by atoms with Crippen molar-refractivity contribution in [3.8, 4) is 0 Å². The maximum absolute atomic E-state index is 12.3. The smallest absolute Gasteiger partial charge is 0.252 e. The lowest BCUT2D eigenvalue weighted by Crippen LogP contribution is -2.47. The maximum atomic E-state index is 12.3. The van der Waals surface area contributed by atoms with Crippen molar-refractivity contribution in [1.82, 2.24) is 10.6 Å². The third kappa shape index (κ3) is 5.01. The van der Waals surface area contributed by atoms with Crippen LogP contribution in [0.15, 0.2) is 24.3 Å². The number of carbonyl (C=O) groups is 1. The summed E-state index contributed by atoms with van der Waals surface area (Å²) in [6, 6.07) is 7.71. The van der Waals surface area contributed by atoms with Gasteiger partial charge in [0.25, 0.3) is 5.91 Å². The number of benzene rings is 1. The van der Waals surface area contributed by atoms with E-state index in [1.54, 1.807) is 7.11 Å². The van der Waals surface area contributed by atoms with Gasteiger partial charge in [-0.2, -0.15) is 0 Å². The molecule has 4 heteroatoms. The van der Waals surface area contributed by atoms with Gasteiger partial charge in [0.15, 0.2) is 0 Å². The van der Waals surface area contributed by atoms with E-state index in [0.717, 1.165) is 24.1 Å². The molecule has 0 aliphatic rings. The lowest BCUT2D eigenvalue weighted by Gasteiger charge is -2.25. The van der Waals surface area contributed by atoms with Crippen LogP contribution in [-0.2, 0) is 11.2 Å². The number of nitrogens with one attached hydrogen (secondary N) is 2. The van der Waals surface area contributed by atoms with Crippen LogP contribution < -0.4 is 10.6 Å². The van der Waals surface area contributed by atoms with E-state index in [-0.39, 0.29) is 11.4 Å². The minimum absolute atomic E-state index is 0.0475. The van der Waals surface area contributed by atoms with Crippen LogP contribution in [0.4, 0.5) is 0 Å². The fourth-order valence-electron chi connectivity index (χ4n) is 1.99. The molecule has 0 saturated heterocycles. The Morgan fingerprint density at radius 1 is 1.32 bits per heavy atom. The second-order valence-electron chi connectivity index (χ2n) is 5.28. The van der Waals surface area contributed by atoms with Gasteiger partial charge in [-0.15, -0.1) is 0 Å². The lowest BCUT2D eigenvalue weighted by molar-refractivity contribution is 0.0819. The van der Waals surface area contributed by atoms with Crippen molar-refractivity contribution in [3.63, 3.8) is 0 Å². The highest BCUT2D eigenvalue weighted by Crippen LogP contribution is 2.12. The van der Waals surface area contributed by atoms with Crippen molar-refractivity contribution in [1.29, 1.82) is 0 Å². The van der Waals surface area contributed by atoms with Crippen LogP contribution in [0, 0.1) is 0 Å². The summed E-state index contributed by atoms with van der Waals surface area (Å²) < 4.78 is 5.11. The van der Waals surface area contributed by atoms with Gasteiger partial charge in [0.2, 0.25) is 0 Å². The normalized spacial score (nSPS) is 11.4. The molecule has 0 aliphatic heterocycles. The summed E-state index contributed by atoms with van der Waals surface area (Å²) in [6.45, 7) is 5.23. The fourth-order valence-corrected chi connectivity index (χ4v) is 1.99. The van der Waals surface area contributed by atoms with Gasteiger partial charge in [0, 0.05) is 12.7 Å². The standard InChI is InChI=1S/C15H24N2O2/c1-15(2,11-19-4)17-14(18)13-8-6-5-7-12(13)9-10-16-3/h5-8,16H,9-11H2,1-4H3,(H,17,18). The maximum Gasteiger partial charge on any atom is 0.252 e. The third-order valence-corrected chi connectivity index (χ3v) is 2.86. The Morgan fingerprint density at radius 3 is 2.63 bits per heavy atom. The molecule has 0 bridgehead atoms. The number of methoxy groups -OCH3 is 1. The minimum atomic E-state index is -0.373. The molecule has 1 aromatic carbocycles. The van der Waals surface area contributed by atoms with E-state index in [1.165, 1.54) is 0 Å². The molecule has 0 aromatic heterocycles. The van der Waals surface area contributed by atoms with Gasteiger partial charge in [-0.05, 0) is 45.5 Å². The number of hydrogen-bond donors (Lipinski definition) is 2. The van der Waals surface area contributed by atoms with E-state index in [9.17, 15) is 4.79 Å². The van der Waals surface area contributed by atoms with Crippen molar-refractivity contribution >= 4 is 5.91 Å². The Hall–Kier alpha value is -1.39. The first-order valence-corrected chi connectivity index (χ1v) is 6.54. The number of rotatable bonds is 7. The van der Waals surface area contributed by atoms with Gasteiger partial charge in [-0.1, -0.05) is 18.2 Å². The lowest BCUT2D eigenvalue weighted by atomic mass is 10.0. The van der Waals surface area contributed by atoms with Crippen LogP contribution in [-0.4, -0.2) is 38.8 Å². The summed E-state index contributed by atoms with van der Waals surface area (Å²) in [4.78, 5) is 12.3. The van der Waals surface area contributed by atoms with Crippen molar-refractivity contribution in [2.45, 2.75) is 25.8 Å². The largest absolute Gasteiger partial charge is 0.382 e. The van der Waals surface area contributed by atoms with Crippen LogP contribution in [0.2, 0.25) is 0 Å². The molecular weight excluding hydrogens is 240 g/mol. The van der Waals surface area contributed by atoms with E-state index >= 15 is 0 Å². The van der Waals surface area contributed by atoms with Gasteiger partial charge < -0.3 is 15.4 Å². The molecule has 19 heavy (non-hydrogen) atoms. The number of likely N-dealkylation sites (N-methyl/N-ethyl adjacent to an activating group) is 1. The molecule has 0 aliphatic carbocycles. The average Bonchev–Trinajstić information content (AvgIpc) is 2.36. The molecule has 2 N–H and O–H groups in total. The summed E-state index contributed by atoms with van der Waals surface area (Å²) in [7, 11) is 3.54.